The standard InChI is InChI=1S/C26H30N4O/c31-26(24(20-11-4-1-5-12-20)21-13-6-2-7-14-21)29-17-10-15-22(19-29)25-28-27-23-16-8-3-9-18-30(23)25/h1-2,4-7,11-14,22,24H,3,8-10,15-19H2/t22-/m0/s1. The molecule has 0 unspecified atom stereocenters. The molecule has 1 saturated heterocycles. The first kappa shape index (κ1) is 20.0. The van der Waals surface area contributed by atoms with Gasteiger partial charge in [0.25, 0.3) is 0 Å². The van der Waals surface area contributed by atoms with Crippen molar-refractivity contribution in [3.05, 3.63) is 83.4 Å². The fourth-order valence-electron chi connectivity index (χ4n) is 5.15. The van der Waals surface area contributed by atoms with Crippen LogP contribution in [0.4, 0.5) is 0 Å². The minimum atomic E-state index is -0.267. The molecule has 5 nitrogen and oxygen atoms in total. The van der Waals surface area contributed by atoms with Gasteiger partial charge in [-0.1, -0.05) is 67.1 Å². The molecule has 2 aliphatic rings. The van der Waals surface area contributed by atoms with Gasteiger partial charge in [0.15, 0.2) is 0 Å². The molecule has 2 aromatic carbocycles. The predicted octanol–water partition coefficient (Wildman–Crippen LogP) is 4.54. The van der Waals surface area contributed by atoms with Crippen molar-refractivity contribution in [2.45, 2.75) is 56.9 Å². The number of nitrogens with zero attached hydrogens (tertiary/aromatic N) is 4. The van der Waals surface area contributed by atoms with Crippen LogP contribution in [0.25, 0.3) is 0 Å². The highest BCUT2D eigenvalue weighted by atomic mass is 16.2. The summed E-state index contributed by atoms with van der Waals surface area (Å²) in [4.78, 5) is 15.9. The van der Waals surface area contributed by atoms with Crippen LogP contribution in [0.2, 0.25) is 0 Å². The number of benzene rings is 2. The second-order valence-corrected chi connectivity index (χ2v) is 8.81. The molecule has 0 aliphatic carbocycles. The Balaban J connectivity index is 1.41. The molecule has 0 saturated carbocycles. The van der Waals surface area contributed by atoms with E-state index in [-0.39, 0.29) is 17.7 Å². The van der Waals surface area contributed by atoms with E-state index in [1.54, 1.807) is 0 Å². The predicted molar refractivity (Wildman–Crippen MR) is 121 cm³/mol. The summed E-state index contributed by atoms with van der Waals surface area (Å²) in [5.74, 6) is 2.41. The molecule has 0 radical (unpaired) electrons. The topological polar surface area (TPSA) is 51.0 Å². The fraction of sp³-hybridized carbons (Fsp3) is 0.423. The molecule has 160 valence electrons. The maximum atomic E-state index is 13.8. The zero-order chi connectivity index (χ0) is 21.0. The van der Waals surface area contributed by atoms with Crippen LogP contribution in [0.3, 0.4) is 0 Å². The molecule has 1 aromatic heterocycles. The largest absolute Gasteiger partial charge is 0.341 e. The van der Waals surface area contributed by atoms with E-state index in [1.165, 1.54) is 19.3 Å². The quantitative estimate of drug-likeness (QED) is 0.630. The summed E-state index contributed by atoms with van der Waals surface area (Å²) in [5, 5.41) is 9.09. The van der Waals surface area contributed by atoms with Crippen molar-refractivity contribution in [2.24, 2.45) is 0 Å². The Morgan fingerprint density at radius 2 is 1.55 bits per heavy atom. The highest BCUT2D eigenvalue weighted by molar-refractivity contribution is 5.87. The number of rotatable bonds is 4. The van der Waals surface area contributed by atoms with Crippen LogP contribution in [0.15, 0.2) is 60.7 Å². The lowest BCUT2D eigenvalue weighted by molar-refractivity contribution is -0.133. The number of carbonyl (C=O) groups is 1. The molecule has 3 heterocycles. The van der Waals surface area contributed by atoms with Crippen LogP contribution in [-0.2, 0) is 17.8 Å². The van der Waals surface area contributed by atoms with Gasteiger partial charge in [-0.15, -0.1) is 10.2 Å². The van der Waals surface area contributed by atoms with Crippen LogP contribution in [-0.4, -0.2) is 38.7 Å². The Morgan fingerprint density at radius 3 is 2.26 bits per heavy atom. The molecule has 5 heteroatoms. The molecule has 1 fully saturated rings. The monoisotopic (exact) mass is 414 g/mol. The second-order valence-electron chi connectivity index (χ2n) is 8.81. The van der Waals surface area contributed by atoms with Crippen molar-refractivity contribution in [3.63, 3.8) is 0 Å². The van der Waals surface area contributed by atoms with E-state index in [1.807, 2.05) is 36.4 Å². The van der Waals surface area contributed by atoms with Crippen molar-refractivity contribution >= 4 is 5.91 Å². The van der Waals surface area contributed by atoms with Crippen molar-refractivity contribution < 1.29 is 4.79 Å². The lowest BCUT2D eigenvalue weighted by Crippen LogP contribution is -2.42. The summed E-state index contributed by atoms with van der Waals surface area (Å²) in [6, 6.07) is 20.3. The van der Waals surface area contributed by atoms with Crippen LogP contribution in [0.1, 0.15) is 66.7 Å². The normalized spacial score (nSPS) is 19.1. The average molecular weight is 415 g/mol. The molecule has 5 rings (SSSR count). The van der Waals surface area contributed by atoms with Gasteiger partial charge in [-0.25, -0.2) is 0 Å². The molecule has 0 bridgehead atoms. The van der Waals surface area contributed by atoms with Crippen LogP contribution in [0.5, 0.6) is 0 Å². The fourth-order valence-corrected chi connectivity index (χ4v) is 5.15. The number of hydrogen-bond acceptors (Lipinski definition) is 3. The maximum Gasteiger partial charge on any atom is 0.234 e. The Morgan fingerprint density at radius 1 is 0.839 bits per heavy atom. The number of aromatic nitrogens is 3. The lowest BCUT2D eigenvalue weighted by Gasteiger charge is -2.35. The van der Waals surface area contributed by atoms with Gasteiger partial charge in [-0.05, 0) is 36.8 Å². The van der Waals surface area contributed by atoms with Crippen molar-refractivity contribution in [2.75, 3.05) is 13.1 Å². The first-order chi connectivity index (χ1) is 15.3. The van der Waals surface area contributed by atoms with Gasteiger partial charge in [-0.2, -0.15) is 0 Å². The number of piperidine rings is 1. The first-order valence-corrected chi connectivity index (χ1v) is 11.6. The van der Waals surface area contributed by atoms with E-state index < -0.39 is 0 Å². The number of fused-ring (bicyclic) bond motifs is 1. The van der Waals surface area contributed by atoms with E-state index in [4.69, 9.17) is 0 Å². The van der Waals surface area contributed by atoms with Gasteiger partial charge in [0.05, 0.1) is 5.92 Å². The smallest absolute Gasteiger partial charge is 0.234 e. The van der Waals surface area contributed by atoms with Crippen molar-refractivity contribution in [1.82, 2.24) is 19.7 Å². The molecular weight excluding hydrogens is 384 g/mol. The molecular formula is C26H30N4O. The molecule has 0 N–H and O–H groups in total. The third kappa shape index (κ3) is 4.14. The minimum Gasteiger partial charge on any atom is -0.341 e. The molecule has 31 heavy (non-hydrogen) atoms. The summed E-state index contributed by atoms with van der Waals surface area (Å²) in [6.07, 6.45) is 6.75. The van der Waals surface area contributed by atoms with Crippen molar-refractivity contribution in [3.8, 4) is 0 Å². The highest BCUT2D eigenvalue weighted by Gasteiger charge is 2.33. The van der Waals surface area contributed by atoms with Crippen LogP contribution in [0, 0.1) is 0 Å². The van der Waals surface area contributed by atoms with Crippen LogP contribution >= 0.6 is 0 Å². The summed E-state index contributed by atoms with van der Waals surface area (Å²) in [7, 11) is 0. The summed E-state index contributed by atoms with van der Waals surface area (Å²) < 4.78 is 2.34. The van der Waals surface area contributed by atoms with Gasteiger partial charge in [-0.3, -0.25) is 4.79 Å². The summed E-state index contributed by atoms with van der Waals surface area (Å²) in [6.45, 7) is 2.55. The van der Waals surface area contributed by atoms with E-state index in [0.717, 1.165) is 61.7 Å². The Labute approximate surface area is 184 Å². The Kier molecular flexibility index (Phi) is 5.83. The Bertz CT molecular complexity index is 975. The average Bonchev–Trinajstić information content (AvgIpc) is 3.09. The first-order valence-electron chi connectivity index (χ1n) is 11.6. The molecule has 1 atom stereocenters. The van der Waals surface area contributed by atoms with Gasteiger partial charge >= 0.3 is 0 Å². The van der Waals surface area contributed by atoms with E-state index >= 15 is 0 Å². The number of carbonyl (C=O) groups excluding carboxylic acids is 1. The number of amides is 1. The van der Waals surface area contributed by atoms with E-state index in [9.17, 15) is 4.79 Å². The molecule has 2 aliphatic heterocycles. The van der Waals surface area contributed by atoms with Gasteiger partial charge in [0.2, 0.25) is 5.91 Å². The maximum absolute atomic E-state index is 13.8. The summed E-state index contributed by atoms with van der Waals surface area (Å²) in [5.41, 5.74) is 2.11. The highest BCUT2D eigenvalue weighted by Crippen LogP contribution is 2.32. The zero-order valence-electron chi connectivity index (χ0n) is 18.0. The summed E-state index contributed by atoms with van der Waals surface area (Å²) >= 11 is 0. The third-order valence-electron chi connectivity index (χ3n) is 6.75. The number of aryl methyl sites for hydroxylation is 1. The molecule has 3 aromatic rings. The second kappa shape index (κ2) is 9.04. The van der Waals surface area contributed by atoms with Crippen LogP contribution < -0.4 is 0 Å². The number of hydrogen-bond donors (Lipinski definition) is 0. The third-order valence-corrected chi connectivity index (χ3v) is 6.75. The van der Waals surface area contributed by atoms with Gasteiger partial charge in [0.1, 0.15) is 11.6 Å². The zero-order valence-corrected chi connectivity index (χ0v) is 18.0. The minimum absolute atomic E-state index is 0.192. The van der Waals surface area contributed by atoms with E-state index in [2.05, 4.69) is 43.9 Å². The lowest BCUT2D eigenvalue weighted by atomic mass is 9.88. The van der Waals surface area contributed by atoms with Gasteiger partial charge < -0.3 is 9.47 Å². The van der Waals surface area contributed by atoms with E-state index in [0.29, 0.717) is 0 Å². The Hall–Kier alpha value is -2.95. The SMILES string of the molecule is O=C(C(c1ccccc1)c1ccccc1)N1CCC[C@H](c2nnc3n2CCCCC3)C1. The van der Waals surface area contributed by atoms with Gasteiger partial charge in [0, 0.05) is 32.0 Å². The molecule has 1 amide bonds. The number of likely N-dealkylation sites (tertiary alicyclic amines) is 1. The van der Waals surface area contributed by atoms with Crippen molar-refractivity contribution in [1.29, 1.82) is 0 Å². The molecule has 0 spiro atoms.